The second-order valence-corrected chi connectivity index (χ2v) is 6.93. The molecule has 0 N–H and O–H groups in total. The molecule has 18 heteroatoms. The number of hydrogen-bond donors (Lipinski definition) is 0. The zero-order valence-corrected chi connectivity index (χ0v) is 41.7. The molecule has 0 aliphatic carbocycles. The Morgan fingerprint density at radius 3 is 0.269 bits per heavy atom. The van der Waals surface area contributed by atoms with Crippen LogP contribution in [-0.4, -0.2) is 49.3 Å². The van der Waals surface area contributed by atoms with Crippen LogP contribution in [0.2, 0.25) is 0 Å². The van der Waals surface area contributed by atoms with E-state index in [0.717, 1.165) is 0 Å². The fraction of sp³-hybridized carbons (Fsp3) is 1.00. The number of hydrogen-bond acceptors (Lipinski definition) is 0. The molecule has 0 aromatic rings. The summed E-state index contributed by atoms with van der Waals surface area (Å²) in [6, 6.07) is 0. The van der Waals surface area contributed by atoms with Crippen LogP contribution in [0.15, 0.2) is 0 Å². The summed E-state index contributed by atoms with van der Waals surface area (Å²) in [6.07, 6.45) is 9.59. The molecule has 0 aliphatic heterocycles. The van der Waals surface area contributed by atoms with Crippen LogP contribution in [0.3, 0.4) is 0 Å². The van der Waals surface area contributed by atoms with Crippen molar-refractivity contribution in [2.24, 2.45) is 0 Å². The summed E-state index contributed by atoms with van der Waals surface area (Å²) in [7, 11) is 21.1. The topological polar surface area (TPSA) is 0 Å². The summed E-state index contributed by atoms with van der Waals surface area (Å²) in [5, 5.41) is 0. The fourth-order valence-corrected chi connectivity index (χ4v) is 0. The van der Waals surface area contributed by atoms with Crippen molar-refractivity contribution in [1.82, 2.24) is 0 Å². The Morgan fingerprint density at radius 1 is 0.231 bits per heavy atom. The van der Waals surface area contributed by atoms with E-state index in [0.29, 0.717) is 0 Å². The SMILES string of the molecule is P.P.P.P.P.P.P.P.PCCP.PCCP.PCCP.PCCP.[Pt].[Pt]. The van der Waals surface area contributed by atoms with Crippen molar-refractivity contribution < 1.29 is 42.1 Å². The zero-order chi connectivity index (χ0) is 13.7. The fourth-order valence-electron chi connectivity index (χ4n) is 0. The van der Waals surface area contributed by atoms with Crippen LogP contribution < -0.4 is 0 Å². The van der Waals surface area contributed by atoms with Crippen LogP contribution in [0.25, 0.3) is 0 Å². The van der Waals surface area contributed by atoms with Crippen molar-refractivity contribution in [2.45, 2.75) is 0 Å². The standard InChI is InChI=1S/4C2H8P2.8H3P.2Pt/c4*3-1-2-4;;;;;;;;;;/h4*1-4H2;8*1H3;;. The van der Waals surface area contributed by atoms with Crippen LogP contribution in [0.5, 0.6) is 0 Å². The van der Waals surface area contributed by atoms with Gasteiger partial charge in [-0.05, 0) is 49.3 Å². The Labute approximate surface area is 242 Å². The van der Waals surface area contributed by atoms with Crippen LogP contribution in [0, 0.1) is 0 Å². The maximum absolute atomic E-state index is 2.63. The van der Waals surface area contributed by atoms with Crippen molar-refractivity contribution >= 4 is 153 Å². The van der Waals surface area contributed by atoms with Crippen LogP contribution in [0.4, 0.5) is 0 Å². The van der Waals surface area contributed by atoms with Gasteiger partial charge in [-0.25, -0.2) is 0 Å². The Hall–Kier alpha value is 8.26. The van der Waals surface area contributed by atoms with Gasteiger partial charge in [-0.1, -0.05) is 0 Å². The summed E-state index contributed by atoms with van der Waals surface area (Å²) in [5.41, 5.74) is 0. The first-order valence-corrected chi connectivity index (χ1v) is 11.8. The monoisotopic (exact) mass is 1040 g/mol. The van der Waals surface area contributed by atoms with Gasteiger partial charge in [-0.2, -0.15) is 79.2 Å². The van der Waals surface area contributed by atoms with Gasteiger partial charge in [0.1, 0.15) is 0 Å². The van der Waals surface area contributed by atoms with Crippen LogP contribution in [-0.2, 0) is 42.1 Å². The van der Waals surface area contributed by atoms with Crippen molar-refractivity contribution in [3.63, 3.8) is 0 Å². The normalized spacial score (nSPS) is 4.62. The minimum Gasteiger partial charge on any atom is -0.153 e. The van der Waals surface area contributed by atoms with E-state index >= 15 is 0 Å². The van der Waals surface area contributed by atoms with Gasteiger partial charge in [-0.3, -0.25) is 0 Å². The first kappa shape index (κ1) is 92.3. The Balaban J connectivity index is -0.00000000545. The van der Waals surface area contributed by atoms with E-state index in [4.69, 9.17) is 0 Å². The van der Waals surface area contributed by atoms with Crippen molar-refractivity contribution in [3.8, 4) is 0 Å². The number of rotatable bonds is 4. The molecule has 0 aromatic heterocycles. The van der Waals surface area contributed by atoms with Gasteiger partial charge < -0.3 is 0 Å². The molecular formula is C8H56P16Pt2. The molecular weight excluding hydrogens is 982 g/mol. The quantitative estimate of drug-likeness (QED) is 0.380. The van der Waals surface area contributed by atoms with E-state index in [1.54, 1.807) is 0 Å². The van der Waals surface area contributed by atoms with Gasteiger partial charge in [0.15, 0.2) is 0 Å². The van der Waals surface area contributed by atoms with Gasteiger partial charge in [0.2, 0.25) is 0 Å². The summed E-state index contributed by atoms with van der Waals surface area (Å²) in [5.74, 6) is 0. The molecule has 26 heavy (non-hydrogen) atoms. The molecule has 0 spiro atoms. The van der Waals surface area contributed by atoms with Crippen LogP contribution >= 0.6 is 153 Å². The predicted molar refractivity (Wildman–Crippen MR) is 205 cm³/mol. The smallest absolute Gasteiger partial charge is 0 e. The third-order valence-corrected chi connectivity index (χ3v) is 6.00. The molecule has 0 aromatic carbocycles. The second-order valence-electron chi connectivity index (χ2n) is 2.31. The summed E-state index contributed by atoms with van der Waals surface area (Å²) < 4.78 is 0. The van der Waals surface area contributed by atoms with Crippen LogP contribution in [0.1, 0.15) is 0 Å². The molecule has 0 rings (SSSR count). The molecule has 0 nitrogen and oxygen atoms in total. The van der Waals surface area contributed by atoms with Gasteiger partial charge in [0.25, 0.3) is 0 Å². The first-order valence-electron chi connectivity index (χ1n) is 5.27. The molecule has 0 bridgehead atoms. The molecule has 188 valence electrons. The third-order valence-electron chi connectivity index (χ3n) is 0.667. The Kier molecular flexibility index (Phi) is 465. The van der Waals surface area contributed by atoms with Crippen molar-refractivity contribution in [2.75, 3.05) is 49.3 Å². The van der Waals surface area contributed by atoms with Gasteiger partial charge >= 0.3 is 0 Å². The summed E-state index contributed by atoms with van der Waals surface area (Å²) >= 11 is 0. The third kappa shape index (κ3) is 210. The molecule has 0 amide bonds. The van der Waals surface area contributed by atoms with E-state index < -0.39 is 0 Å². The molecule has 16 atom stereocenters. The molecule has 16 unspecified atom stereocenters. The average molecular weight is 1040 g/mol. The summed E-state index contributed by atoms with van der Waals surface area (Å²) in [6.45, 7) is 0. The van der Waals surface area contributed by atoms with Gasteiger partial charge in [0.05, 0.1) is 0 Å². The van der Waals surface area contributed by atoms with Crippen molar-refractivity contribution in [3.05, 3.63) is 0 Å². The summed E-state index contributed by atoms with van der Waals surface area (Å²) in [4.78, 5) is 0. The van der Waals surface area contributed by atoms with Gasteiger partial charge in [-0.15, -0.1) is 73.9 Å². The maximum atomic E-state index is 2.63. The molecule has 0 fully saturated rings. The maximum Gasteiger partial charge on any atom is 0 e. The Bertz CT molecular complexity index is 56.2. The van der Waals surface area contributed by atoms with E-state index in [1.807, 2.05) is 0 Å². The largest absolute Gasteiger partial charge is 0.153 e. The van der Waals surface area contributed by atoms with E-state index in [-0.39, 0.29) is 121 Å². The second kappa shape index (κ2) is 131. The minimum atomic E-state index is 0. The molecule has 0 heterocycles. The zero-order valence-electron chi connectivity index (χ0n) is 16.6. The molecule has 0 saturated carbocycles. The van der Waals surface area contributed by atoms with Crippen molar-refractivity contribution in [1.29, 1.82) is 0 Å². The Morgan fingerprint density at radius 2 is 0.269 bits per heavy atom. The minimum absolute atomic E-state index is 0. The van der Waals surface area contributed by atoms with E-state index in [1.165, 1.54) is 49.3 Å². The molecule has 0 saturated heterocycles. The van der Waals surface area contributed by atoms with Gasteiger partial charge in [0, 0.05) is 42.1 Å². The van der Waals surface area contributed by atoms with E-state index in [9.17, 15) is 0 Å². The molecule has 0 radical (unpaired) electrons. The molecule has 0 aliphatic rings. The average Bonchev–Trinajstić information content (AvgIpc) is 2.39. The predicted octanol–water partition coefficient (Wildman–Crippen LogP) is 3.41. The van der Waals surface area contributed by atoms with E-state index in [2.05, 4.69) is 73.9 Å². The first-order chi connectivity index (χ1) is 7.66.